The normalized spacial score (nSPS) is 10.8. The largest absolute Gasteiger partial charge is 0.326 e. The first-order valence-corrected chi connectivity index (χ1v) is 8.21. The Morgan fingerprint density at radius 3 is 2.90 bits per heavy atom. The summed E-state index contributed by atoms with van der Waals surface area (Å²) in [4.78, 5) is 16.4. The number of carbonyl (C=O) groups is 1. The van der Waals surface area contributed by atoms with E-state index >= 15 is 0 Å². The van der Waals surface area contributed by atoms with Crippen LogP contribution in [0.5, 0.6) is 0 Å². The van der Waals surface area contributed by atoms with Crippen LogP contribution in [0.3, 0.4) is 0 Å². The monoisotopic (exact) mass is 352 g/mol. The number of hydrogen-bond donors (Lipinski definition) is 1. The van der Waals surface area contributed by atoms with Gasteiger partial charge in [-0.3, -0.25) is 4.79 Å². The first-order chi connectivity index (χ1) is 9.54. The molecule has 3 nitrogen and oxygen atoms in total. The predicted octanol–water partition coefficient (Wildman–Crippen LogP) is 4.60. The fourth-order valence-corrected chi connectivity index (χ4v) is 3.07. The Bertz CT molecular complexity index is 595. The van der Waals surface area contributed by atoms with E-state index in [2.05, 4.69) is 45.5 Å². The summed E-state index contributed by atoms with van der Waals surface area (Å²) in [6.07, 6.45) is 1.15. The molecule has 0 aliphatic heterocycles. The fraction of sp³-hybridized carbons (Fsp3) is 0.333. The van der Waals surface area contributed by atoms with E-state index in [1.807, 2.05) is 24.3 Å². The Labute approximate surface area is 131 Å². The van der Waals surface area contributed by atoms with Crippen molar-refractivity contribution in [2.75, 3.05) is 5.32 Å². The molecule has 0 aliphatic rings. The molecule has 1 heterocycles. The van der Waals surface area contributed by atoms with Gasteiger partial charge in [0.1, 0.15) is 0 Å². The molecule has 1 aromatic heterocycles. The number of rotatable bonds is 5. The van der Waals surface area contributed by atoms with Crippen molar-refractivity contribution in [1.82, 2.24) is 4.98 Å². The third-order valence-electron chi connectivity index (χ3n) is 2.84. The van der Waals surface area contributed by atoms with Crippen LogP contribution in [0, 0.1) is 0 Å². The van der Waals surface area contributed by atoms with Gasteiger partial charge in [0.05, 0.1) is 10.7 Å². The number of benzene rings is 1. The zero-order valence-corrected chi connectivity index (χ0v) is 13.9. The summed E-state index contributed by atoms with van der Waals surface area (Å²) in [5.41, 5.74) is 1.92. The summed E-state index contributed by atoms with van der Waals surface area (Å²) in [5.74, 6) is 0.458. The quantitative estimate of drug-likeness (QED) is 0.854. The van der Waals surface area contributed by atoms with Crippen molar-refractivity contribution < 1.29 is 4.79 Å². The van der Waals surface area contributed by atoms with Crippen LogP contribution in [-0.2, 0) is 11.2 Å². The smallest absolute Gasteiger partial charge is 0.224 e. The first-order valence-electron chi connectivity index (χ1n) is 6.54. The third-order valence-corrected chi connectivity index (χ3v) is 4.26. The maximum absolute atomic E-state index is 11.9. The molecule has 106 valence electrons. The number of thiazole rings is 1. The van der Waals surface area contributed by atoms with Crippen LogP contribution in [0.15, 0.2) is 34.1 Å². The molecular weight excluding hydrogens is 336 g/mol. The molecule has 0 radical (unpaired) electrons. The van der Waals surface area contributed by atoms with Gasteiger partial charge in [-0.15, -0.1) is 11.3 Å². The molecule has 1 N–H and O–H groups in total. The van der Waals surface area contributed by atoms with Gasteiger partial charge in [0.15, 0.2) is 0 Å². The number of anilines is 1. The Morgan fingerprint density at radius 2 is 2.25 bits per heavy atom. The Balaban J connectivity index is 1.85. The molecule has 0 unspecified atom stereocenters. The van der Waals surface area contributed by atoms with Crippen LogP contribution >= 0.6 is 27.3 Å². The lowest BCUT2D eigenvalue weighted by Crippen LogP contribution is -2.12. The van der Waals surface area contributed by atoms with E-state index < -0.39 is 0 Å². The van der Waals surface area contributed by atoms with Gasteiger partial charge in [0, 0.05) is 28.4 Å². The first kappa shape index (κ1) is 15.2. The summed E-state index contributed by atoms with van der Waals surface area (Å²) in [6, 6.07) is 7.59. The molecule has 1 amide bonds. The van der Waals surface area contributed by atoms with Gasteiger partial charge in [-0.2, -0.15) is 0 Å². The molecule has 0 spiro atoms. The van der Waals surface area contributed by atoms with Gasteiger partial charge in [0.2, 0.25) is 5.91 Å². The van der Waals surface area contributed by atoms with Gasteiger partial charge >= 0.3 is 0 Å². The molecule has 0 saturated heterocycles. The highest BCUT2D eigenvalue weighted by Gasteiger charge is 2.08. The highest BCUT2D eigenvalue weighted by Crippen LogP contribution is 2.19. The second-order valence-corrected chi connectivity index (χ2v) is 6.74. The standard InChI is InChI=1S/C15H17BrN2OS/c1-10(2)13-9-20-15(18-13)7-6-14(19)17-12-5-3-4-11(16)8-12/h3-5,8-10H,6-7H2,1-2H3,(H,17,19). The van der Waals surface area contributed by atoms with E-state index in [1.165, 1.54) is 0 Å². The number of aryl methyl sites for hydroxylation is 1. The summed E-state index contributed by atoms with van der Waals surface area (Å²) >= 11 is 5.01. The Kier molecular flexibility index (Phi) is 5.31. The maximum atomic E-state index is 11.9. The van der Waals surface area contributed by atoms with Gasteiger partial charge in [-0.25, -0.2) is 4.98 Å². The number of hydrogen-bond acceptors (Lipinski definition) is 3. The Hall–Kier alpha value is -1.20. The van der Waals surface area contributed by atoms with Crippen molar-refractivity contribution in [2.24, 2.45) is 0 Å². The lowest BCUT2D eigenvalue weighted by Gasteiger charge is -2.04. The molecule has 0 saturated carbocycles. The predicted molar refractivity (Wildman–Crippen MR) is 87.3 cm³/mol. The van der Waals surface area contributed by atoms with Gasteiger partial charge in [-0.05, 0) is 24.1 Å². The summed E-state index contributed by atoms with van der Waals surface area (Å²) in [6.45, 7) is 4.25. The molecule has 5 heteroatoms. The number of nitrogens with zero attached hydrogens (tertiary/aromatic N) is 1. The highest BCUT2D eigenvalue weighted by molar-refractivity contribution is 9.10. The third kappa shape index (κ3) is 4.42. The average molecular weight is 353 g/mol. The minimum Gasteiger partial charge on any atom is -0.326 e. The van der Waals surface area contributed by atoms with E-state index in [4.69, 9.17) is 0 Å². The van der Waals surface area contributed by atoms with E-state index in [9.17, 15) is 4.79 Å². The van der Waals surface area contributed by atoms with E-state index in [0.29, 0.717) is 18.8 Å². The van der Waals surface area contributed by atoms with Gasteiger partial charge in [-0.1, -0.05) is 35.8 Å². The minimum atomic E-state index is 0.0180. The highest BCUT2D eigenvalue weighted by atomic mass is 79.9. The van der Waals surface area contributed by atoms with Crippen molar-refractivity contribution >= 4 is 38.9 Å². The van der Waals surface area contributed by atoms with Gasteiger partial charge in [0.25, 0.3) is 0 Å². The summed E-state index contributed by atoms with van der Waals surface area (Å²) in [5, 5.41) is 5.99. The van der Waals surface area contributed by atoms with E-state index in [1.54, 1.807) is 11.3 Å². The van der Waals surface area contributed by atoms with E-state index in [0.717, 1.165) is 20.9 Å². The van der Waals surface area contributed by atoms with Crippen molar-refractivity contribution in [3.05, 3.63) is 44.8 Å². The molecule has 0 atom stereocenters. The van der Waals surface area contributed by atoms with Crippen LogP contribution in [0.4, 0.5) is 5.69 Å². The van der Waals surface area contributed by atoms with Crippen molar-refractivity contribution in [1.29, 1.82) is 0 Å². The van der Waals surface area contributed by atoms with Crippen LogP contribution in [0.1, 0.15) is 36.9 Å². The molecule has 0 aliphatic carbocycles. The lowest BCUT2D eigenvalue weighted by atomic mass is 10.2. The molecular formula is C15H17BrN2OS. The molecule has 1 aromatic carbocycles. The number of nitrogens with one attached hydrogen (secondary N) is 1. The zero-order chi connectivity index (χ0) is 14.5. The summed E-state index contributed by atoms with van der Waals surface area (Å²) < 4.78 is 0.955. The maximum Gasteiger partial charge on any atom is 0.224 e. The lowest BCUT2D eigenvalue weighted by molar-refractivity contribution is -0.116. The SMILES string of the molecule is CC(C)c1csc(CCC(=O)Nc2cccc(Br)c2)n1. The molecule has 20 heavy (non-hydrogen) atoms. The van der Waals surface area contributed by atoms with Crippen LogP contribution in [-0.4, -0.2) is 10.9 Å². The van der Waals surface area contributed by atoms with Crippen molar-refractivity contribution in [2.45, 2.75) is 32.6 Å². The average Bonchev–Trinajstić information content (AvgIpc) is 2.85. The van der Waals surface area contributed by atoms with Crippen LogP contribution in [0.2, 0.25) is 0 Å². The van der Waals surface area contributed by atoms with Crippen molar-refractivity contribution in [3.63, 3.8) is 0 Å². The molecule has 2 rings (SSSR count). The number of halogens is 1. The number of amides is 1. The van der Waals surface area contributed by atoms with E-state index in [-0.39, 0.29) is 5.91 Å². The Morgan fingerprint density at radius 1 is 1.45 bits per heavy atom. The molecule has 2 aromatic rings. The van der Waals surface area contributed by atoms with Crippen LogP contribution in [0.25, 0.3) is 0 Å². The second kappa shape index (κ2) is 6.99. The second-order valence-electron chi connectivity index (χ2n) is 4.88. The molecule has 0 bridgehead atoms. The molecule has 0 fully saturated rings. The number of aromatic nitrogens is 1. The summed E-state index contributed by atoms with van der Waals surface area (Å²) in [7, 11) is 0. The zero-order valence-electron chi connectivity index (χ0n) is 11.5. The van der Waals surface area contributed by atoms with Gasteiger partial charge < -0.3 is 5.32 Å². The topological polar surface area (TPSA) is 42.0 Å². The fourth-order valence-electron chi connectivity index (χ4n) is 1.72. The van der Waals surface area contributed by atoms with Crippen molar-refractivity contribution in [3.8, 4) is 0 Å². The van der Waals surface area contributed by atoms with Crippen LogP contribution < -0.4 is 5.32 Å². The minimum absolute atomic E-state index is 0.0180. The number of carbonyl (C=O) groups excluding carboxylic acids is 1.